The van der Waals surface area contributed by atoms with Crippen LogP contribution in [0.2, 0.25) is 0 Å². The number of rotatable bonds is 3. The molecule has 1 aromatic rings. The van der Waals surface area contributed by atoms with E-state index in [-0.39, 0.29) is 11.3 Å². The molecule has 0 spiro atoms. The van der Waals surface area contributed by atoms with E-state index in [4.69, 9.17) is 4.74 Å². The van der Waals surface area contributed by atoms with Gasteiger partial charge in [-0.05, 0) is 19.9 Å². The second-order valence-corrected chi connectivity index (χ2v) is 6.30. The summed E-state index contributed by atoms with van der Waals surface area (Å²) in [4.78, 5) is -0.442. The number of hydrogen-bond acceptors (Lipinski definition) is 4. The minimum absolute atomic E-state index is 0.138. The molecule has 0 heterocycles. The largest absolute Gasteiger partial charge is 0.496 e. The van der Waals surface area contributed by atoms with Gasteiger partial charge in [-0.1, -0.05) is 0 Å². The van der Waals surface area contributed by atoms with E-state index in [1.165, 1.54) is 21.0 Å². The lowest BCUT2D eigenvalue weighted by Crippen LogP contribution is -2.18. The molecule has 1 aromatic carbocycles. The van der Waals surface area contributed by atoms with Crippen LogP contribution in [0.3, 0.4) is 0 Å². The SMILES string of the molecule is COc1cc(S(C)(=O)=O)c(F)cc1C(C)(C)O. The van der Waals surface area contributed by atoms with E-state index < -0.39 is 26.2 Å². The fraction of sp³-hybridized carbons (Fsp3) is 0.455. The van der Waals surface area contributed by atoms with E-state index in [2.05, 4.69) is 0 Å². The fourth-order valence-corrected chi connectivity index (χ4v) is 2.20. The van der Waals surface area contributed by atoms with Crippen LogP contribution in [0.1, 0.15) is 19.4 Å². The van der Waals surface area contributed by atoms with E-state index in [0.29, 0.717) is 0 Å². The minimum Gasteiger partial charge on any atom is -0.496 e. The molecule has 96 valence electrons. The van der Waals surface area contributed by atoms with Crippen LogP contribution in [0.15, 0.2) is 17.0 Å². The molecule has 6 heteroatoms. The first kappa shape index (κ1) is 13.9. The lowest BCUT2D eigenvalue weighted by molar-refractivity contribution is 0.0751. The third-order valence-electron chi connectivity index (χ3n) is 2.31. The van der Waals surface area contributed by atoms with Crippen molar-refractivity contribution in [2.24, 2.45) is 0 Å². The van der Waals surface area contributed by atoms with E-state index in [1.54, 1.807) is 0 Å². The van der Waals surface area contributed by atoms with Crippen LogP contribution in [-0.4, -0.2) is 26.9 Å². The molecule has 0 aliphatic rings. The lowest BCUT2D eigenvalue weighted by Gasteiger charge is -2.21. The quantitative estimate of drug-likeness (QED) is 0.896. The highest BCUT2D eigenvalue weighted by molar-refractivity contribution is 7.90. The average molecular weight is 262 g/mol. The molecule has 0 radical (unpaired) electrons. The van der Waals surface area contributed by atoms with Crippen LogP contribution in [-0.2, 0) is 15.4 Å². The number of methoxy groups -OCH3 is 1. The van der Waals surface area contributed by atoms with Crippen LogP contribution < -0.4 is 4.74 Å². The fourth-order valence-electron chi connectivity index (χ4n) is 1.47. The number of benzene rings is 1. The molecular weight excluding hydrogens is 247 g/mol. The number of ether oxygens (including phenoxy) is 1. The van der Waals surface area contributed by atoms with Crippen molar-refractivity contribution >= 4 is 9.84 Å². The maximum atomic E-state index is 13.6. The zero-order valence-electron chi connectivity index (χ0n) is 10.1. The Hall–Kier alpha value is -1.14. The molecule has 0 aliphatic heterocycles. The molecule has 1 rings (SSSR count). The Morgan fingerprint density at radius 2 is 1.88 bits per heavy atom. The summed E-state index contributed by atoms with van der Waals surface area (Å²) in [5.41, 5.74) is -1.12. The third-order valence-corrected chi connectivity index (χ3v) is 3.42. The Labute approximate surface area is 100.0 Å². The van der Waals surface area contributed by atoms with Crippen molar-refractivity contribution in [1.82, 2.24) is 0 Å². The molecule has 0 aliphatic carbocycles. The van der Waals surface area contributed by atoms with Crippen LogP contribution in [0.5, 0.6) is 5.75 Å². The highest BCUT2D eigenvalue weighted by atomic mass is 32.2. The molecule has 0 fully saturated rings. The van der Waals surface area contributed by atoms with Gasteiger partial charge in [-0.15, -0.1) is 0 Å². The molecule has 17 heavy (non-hydrogen) atoms. The maximum Gasteiger partial charge on any atom is 0.178 e. The summed E-state index contributed by atoms with van der Waals surface area (Å²) in [6, 6.07) is 2.06. The predicted octanol–water partition coefficient (Wildman–Crippen LogP) is 1.47. The van der Waals surface area contributed by atoms with Gasteiger partial charge in [0.05, 0.1) is 12.7 Å². The van der Waals surface area contributed by atoms with Gasteiger partial charge < -0.3 is 9.84 Å². The summed E-state index contributed by atoms with van der Waals surface area (Å²) in [7, 11) is -2.34. The number of sulfone groups is 1. The summed E-state index contributed by atoms with van der Waals surface area (Å²) in [6.45, 7) is 2.93. The predicted molar refractivity (Wildman–Crippen MR) is 61.3 cm³/mol. The zero-order chi connectivity index (χ0) is 13.4. The van der Waals surface area contributed by atoms with Crippen LogP contribution in [0.4, 0.5) is 4.39 Å². The maximum absolute atomic E-state index is 13.6. The minimum atomic E-state index is -3.66. The van der Waals surface area contributed by atoms with Gasteiger partial charge in [0.1, 0.15) is 16.5 Å². The van der Waals surface area contributed by atoms with Gasteiger partial charge in [-0.25, -0.2) is 12.8 Å². The summed E-state index contributed by atoms with van der Waals surface area (Å²) in [5.74, 6) is -0.759. The highest BCUT2D eigenvalue weighted by Crippen LogP contribution is 2.33. The van der Waals surface area contributed by atoms with Gasteiger partial charge in [-0.3, -0.25) is 0 Å². The van der Waals surface area contributed by atoms with Crippen molar-refractivity contribution in [1.29, 1.82) is 0 Å². The normalized spacial score (nSPS) is 12.6. The van der Waals surface area contributed by atoms with Crippen LogP contribution in [0.25, 0.3) is 0 Å². The van der Waals surface area contributed by atoms with Crippen molar-refractivity contribution in [3.8, 4) is 5.75 Å². The number of aliphatic hydroxyl groups is 1. The summed E-state index contributed by atoms with van der Waals surface area (Å²) in [6.07, 6.45) is 0.911. The molecule has 0 saturated heterocycles. The van der Waals surface area contributed by atoms with Crippen molar-refractivity contribution in [2.45, 2.75) is 24.3 Å². The molecule has 0 saturated carbocycles. The van der Waals surface area contributed by atoms with Gasteiger partial charge in [-0.2, -0.15) is 0 Å². The Morgan fingerprint density at radius 1 is 1.35 bits per heavy atom. The van der Waals surface area contributed by atoms with Crippen molar-refractivity contribution < 1.29 is 22.7 Å². The van der Waals surface area contributed by atoms with Crippen LogP contribution in [0, 0.1) is 5.82 Å². The first-order valence-electron chi connectivity index (χ1n) is 4.88. The second kappa shape index (κ2) is 4.27. The van der Waals surface area contributed by atoms with Crippen molar-refractivity contribution in [3.05, 3.63) is 23.5 Å². The van der Waals surface area contributed by atoms with Gasteiger partial charge in [0.2, 0.25) is 0 Å². The lowest BCUT2D eigenvalue weighted by atomic mass is 9.97. The first-order valence-corrected chi connectivity index (χ1v) is 6.77. The first-order chi connectivity index (χ1) is 7.57. The molecular formula is C11H15FO4S. The molecule has 0 amide bonds. The van der Waals surface area contributed by atoms with E-state index >= 15 is 0 Å². The van der Waals surface area contributed by atoms with Crippen molar-refractivity contribution in [3.63, 3.8) is 0 Å². The standard InChI is InChI=1S/C11H15FO4S/c1-11(2,13)7-5-8(12)10(17(4,14)15)6-9(7)16-3/h5-6,13H,1-4H3. The van der Waals surface area contributed by atoms with Gasteiger partial charge >= 0.3 is 0 Å². The van der Waals surface area contributed by atoms with E-state index in [9.17, 15) is 17.9 Å². The highest BCUT2D eigenvalue weighted by Gasteiger charge is 2.25. The summed E-state index contributed by atoms with van der Waals surface area (Å²) in [5, 5.41) is 9.82. The Morgan fingerprint density at radius 3 is 2.24 bits per heavy atom. The van der Waals surface area contributed by atoms with E-state index in [1.807, 2.05) is 0 Å². The number of hydrogen-bond donors (Lipinski definition) is 1. The Balaban J connectivity index is 3.57. The molecule has 0 aromatic heterocycles. The molecule has 4 nitrogen and oxygen atoms in total. The van der Waals surface area contributed by atoms with Crippen molar-refractivity contribution in [2.75, 3.05) is 13.4 Å². The average Bonchev–Trinajstić information content (AvgIpc) is 2.14. The topological polar surface area (TPSA) is 63.6 Å². The Kier molecular flexibility index (Phi) is 3.50. The second-order valence-electron chi connectivity index (χ2n) is 4.31. The smallest absolute Gasteiger partial charge is 0.178 e. The molecule has 0 unspecified atom stereocenters. The van der Waals surface area contributed by atoms with E-state index in [0.717, 1.165) is 18.4 Å². The third kappa shape index (κ3) is 2.95. The Bertz CT molecular complexity index is 529. The molecule has 0 bridgehead atoms. The van der Waals surface area contributed by atoms with Crippen LogP contribution >= 0.6 is 0 Å². The van der Waals surface area contributed by atoms with Gasteiger partial charge in [0, 0.05) is 17.9 Å². The molecule has 1 N–H and O–H groups in total. The zero-order valence-corrected chi connectivity index (χ0v) is 10.9. The van der Waals surface area contributed by atoms with Gasteiger partial charge in [0.15, 0.2) is 9.84 Å². The summed E-state index contributed by atoms with van der Waals surface area (Å²) < 4.78 is 41.3. The molecule has 0 atom stereocenters. The van der Waals surface area contributed by atoms with Gasteiger partial charge in [0.25, 0.3) is 0 Å². The number of halogens is 1. The summed E-state index contributed by atoms with van der Waals surface area (Å²) >= 11 is 0. The monoisotopic (exact) mass is 262 g/mol.